The van der Waals surface area contributed by atoms with E-state index in [0.717, 1.165) is 37.7 Å². The first-order valence-electron chi connectivity index (χ1n) is 7.18. The second kappa shape index (κ2) is 6.73. The summed E-state index contributed by atoms with van der Waals surface area (Å²) in [7, 11) is 0. The molecule has 0 aromatic heterocycles. The van der Waals surface area contributed by atoms with Crippen molar-refractivity contribution in [3.63, 3.8) is 0 Å². The minimum absolute atomic E-state index is 0.170. The fourth-order valence-electron chi connectivity index (χ4n) is 3.19. The standard InChI is InChI=1S/C15H24O4/c1-3-10-15(4-2,14(18)19)12(13(16)17)11-8-6-5-7-9-11/h3-10H2,1-2H3,(H,16,17)(H,18,19). The predicted molar refractivity (Wildman–Crippen MR) is 73.0 cm³/mol. The summed E-state index contributed by atoms with van der Waals surface area (Å²) in [4.78, 5) is 23.4. The molecule has 0 heterocycles. The van der Waals surface area contributed by atoms with Gasteiger partial charge in [0.15, 0.2) is 0 Å². The van der Waals surface area contributed by atoms with E-state index in [0.29, 0.717) is 19.3 Å². The topological polar surface area (TPSA) is 74.6 Å². The molecule has 1 unspecified atom stereocenters. The lowest BCUT2D eigenvalue weighted by molar-refractivity contribution is -0.150. The Morgan fingerprint density at radius 1 is 1.11 bits per heavy atom. The van der Waals surface area contributed by atoms with Crippen molar-refractivity contribution in [2.75, 3.05) is 0 Å². The van der Waals surface area contributed by atoms with Gasteiger partial charge in [-0.1, -0.05) is 32.3 Å². The van der Waals surface area contributed by atoms with Gasteiger partial charge in [-0.05, 0) is 38.5 Å². The normalized spacial score (nSPS) is 18.7. The zero-order valence-corrected chi connectivity index (χ0v) is 11.9. The van der Waals surface area contributed by atoms with Crippen LogP contribution < -0.4 is 0 Å². The largest absolute Gasteiger partial charge is 0.481 e. The summed E-state index contributed by atoms with van der Waals surface area (Å²) in [5, 5.41) is 19.2. The molecular weight excluding hydrogens is 244 g/mol. The molecule has 0 amide bonds. The van der Waals surface area contributed by atoms with Crippen molar-refractivity contribution < 1.29 is 19.8 Å². The molecule has 0 bridgehead atoms. The van der Waals surface area contributed by atoms with E-state index in [9.17, 15) is 19.8 Å². The Kier molecular flexibility index (Phi) is 5.58. The van der Waals surface area contributed by atoms with Crippen LogP contribution in [0.1, 0.15) is 65.2 Å². The van der Waals surface area contributed by atoms with Gasteiger partial charge in [-0.2, -0.15) is 0 Å². The Bertz CT molecular complexity index is 376. The van der Waals surface area contributed by atoms with Crippen molar-refractivity contribution in [2.24, 2.45) is 5.41 Å². The first-order chi connectivity index (χ1) is 8.99. The molecule has 4 nitrogen and oxygen atoms in total. The highest BCUT2D eigenvalue weighted by Gasteiger charge is 2.44. The molecule has 1 fully saturated rings. The van der Waals surface area contributed by atoms with Crippen LogP contribution in [-0.4, -0.2) is 22.2 Å². The minimum atomic E-state index is -1.22. The third-order valence-electron chi connectivity index (χ3n) is 4.19. The van der Waals surface area contributed by atoms with Gasteiger partial charge in [0.25, 0.3) is 0 Å². The summed E-state index contributed by atoms with van der Waals surface area (Å²) in [6, 6.07) is 0. The molecule has 0 aromatic carbocycles. The van der Waals surface area contributed by atoms with Crippen molar-refractivity contribution in [1.29, 1.82) is 0 Å². The molecule has 1 rings (SSSR count). The van der Waals surface area contributed by atoms with Crippen LogP contribution in [0.5, 0.6) is 0 Å². The molecular formula is C15H24O4. The first-order valence-corrected chi connectivity index (χ1v) is 7.18. The monoisotopic (exact) mass is 268 g/mol. The quantitative estimate of drug-likeness (QED) is 0.721. The van der Waals surface area contributed by atoms with Gasteiger partial charge in [-0.3, -0.25) is 4.79 Å². The van der Waals surface area contributed by atoms with E-state index in [4.69, 9.17) is 0 Å². The highest BCUT2D eigenvalue weighted by atomic mass is 16.4. The number of hydrogen-bond acceptors (Lipinski definition) is 2. The lowest BCUT2D eigenvalue weighted by Gasteiger charge is -2.32. The van der Waals surface area contributed by atoms with Crippen LogP contribution in [-0.2, 0) is 9.59 Å². The molecule has 19 heavy (non-hydrogen) atoms. The van der Waals surface area contributed by atoms with Gasteiger partial charge in [0.1, 0.15) is 0 Å². The van der Waals surface area contributed by atoms with Gasteiger partial charge in [0.2, 0.25) is 0 Å². The van der Waals surface area contributed by atoms with E-state index in [1.54, 1.807) is 6.92 Å². The Balaban J connectivity index is 3.34. The predicted octanol–water partition coefficient (Wildman–Crippen LogP) is 3.61. The summed E-state index contributed by atoms with van der Waals surface area (Å²) < 4.78 is 0. The van der Waals surface area contributed by atoms with Crippen LogP contribution in [0.3, 0.4) is 0 Å². The lowest BCUT2D eigenvalue weighted by atomic mass is 9.70. The van der Waals surface area contributed by atoms with Crippen LogP contribution >= 0.6 is 0 Å². The molecule has 4 heteroatoms. The highest BCUT2D eigenvalue weighted by molar-refractivity contribution is 5.97. The van der Waals surface area contributed by atoms with E-state index >= 15 is 0 Å². The third-order valence-corrected chi connectivity index (χ3v) is 4.19. The van der Waals surface area contributed by atoms with E-state index in [-0.39, 0.29) is 5.57 Å². The second-order valence-electron chi connectivity index (χ2n) is 5.34. The molecule has 1 aliphatic carbocycles. The lowest BCUT2D eigenvalue weighted by Crippen LogP contribution is -2.37. The molecule has 2 N–H and O–H groups in total. The second-order valence-corrected chi connectivity index (χ2v) is 5.34. The van der Waals surface area contributed by atoms with Gasteiger partial charge in [0.05, 0.1) is 11.0 Å². The molecule has 1 saturated carbocycles. The maximum absolute atomic E-state index is 11.7. The summed E-state index contributed by atoms with van der Waals surface area (Å²) in [5.41, 5.74) is -0.187. The van der Waals surface area contributed by atoms with E-state index in [2.05, 4.69) is 0 Å². The molecule has 0 aromatic rings. The first kappa shape index (κ1) is 15.7. The van der Waals surface area contributed by atoms with Crippen molar-refractivity contribution in [1.82, 2.24) is 0 Å². The average Bonchev–Trinajstić information content (AvgIpc) is 2.38. The molecule has 108 valence electrons. The number of allylic oxidation sites excluding steroid dienone is 1. The van der Waals surface area contributed by atoms with E-state index < -0.39 is 17.4 Å². The molecule has 0 saturated heterocycles. The van der Waals surface area contributed by atoms with Gasteiger partial charge in [-0.25, -0.2) is 4.79 Å². The fraction of sp³-hybridized carbons (Fsp3) is 0.733. The number of carboxylic acid groups (broad SMARTS) is 2. The summed E-state index contributed by atoms with van der Waals surface area (Å²) in [6.07, 6.45) is 5.92. The van der Waals surface area contributed by atoms with Gasteiger partial charge < -0.3 is 10.2 Å². The zero-order chi connectivity index (χ0) is 14.5. The van der Waals surface area contributed by atoms with E-state index in [1.165, 1.54) is 0 Å². The molecule has 0 aliphatic heterocycles. The maximum Gasteiger partial charge on any atom is 0.332 e. The Hall–Kier alpha value is -1.32. The van der Waals surface area contributed by atoms with Crippen molar-refractivity contribution in [3.8, 4) is 0 Å². The molecule has 1 aliphatic rings. The Morgan fingerprint density at radius 3 is 2.05 bits per heavy atom. The molecule has 0 spiro atoms. The van der Waals surface area contributed by atoms with Crippen molar-refractivity contribution in [2.45, 2.75) is 65.2 Å². The Labute approximate surface area is 114 Å². The average molecular weight is 268 g/mol. The smallest absolute Gasteiger partial charge is 0.332 e. The summed E-state index contributed by atoms with van der Waals surface area (Å²) in [6.45, 7) is 3.68. The van der Waals surface area contributed by atoms with E-state index in [1.807, 2.05) is 6.92 Å². The number of carboxylic acids is 2. The fourth-order valence-corrected chi connectivity index (χ4v) is 3.19. The van der Waals surface area contributed by atoms with Crippen LogP contribution in [0.25, 0.3) is 0 Å². The molecule has 1 atom stereocenters. The van der Waals surface area contributed by atoms with Crippen LogP contribution in [0.15, 0.2) is 11.1 Å². The third kappa shape index (κ3) is 3.17. The highest BCUT2D eigenvalue weighted by Crippen LogP contribution is 2.42. The minimum Gasteiger partial charge on any atom is -0.481 e. The number of hydrogen-bond donors (Lipinski definition) is 2. The van der Waals surface area contributed by atoms with Crippen LogP contribution in [0, 0.1) is 5.41 Å². The van der Waals surface area contributed by atoms with Gasteiger partial charge >= 0.3 is 11.9 Å². The number of rotatable bonds is 6. The maximum atomic E-state index is 11.7. The number of aliphatic carboxylic acids is 2. The molecule has 0 radical (unpaired) electrons. The summed E-state index contributed by atoms with van der Waals surface area (Å²) >= 11 is 0. The SMILES string of the molecule is CCCC(CC)(C(=O)O)C(C(=O)O)=C1CCCCC1. The van der Waals surface area contributed by atoms with Gasteiger partial charge in [-0.15, -0.1) is 0 Å². The van der Waals surface area contributed by atoms with Crippen molar-refractivity contribution in [3.05, 3.63) is 11.1 Å². The van der Waals surface area contributed by atoms with Crippen LogP contribution in [0.2, 0.25) is 0 Å². The number of carbonyl (C=O) groups is 2. The Morgan fingerprint density at radius 2 is 1.68 bits per heavy atom. The van der Waals surface area contributed by atoms with Crippen molar-refractivity contribution >= 4 is 11.9 Å². The zero-order valence-electron chi connectivity index (χ0n) is 11.9. The van der Waals surface area contributed by atoms with Crippen LogP contribution in [0.4, 0.5) is 0 Å². The summed E-state index contributed by atoms with van der Waals surface area (Å²) in [5.74, 6) is -2.04. The van der Waals surface area contributed by atoms with Gasteiger partial charge in [0, 0.05) is 0 Å².